The van der Waals surface area contributed by atoms with Gasteiger partial charge < -0.3 is 18.8 Å². The molecule has 0 unspecified atom stereocenters. The molecule has 0 aliphatic carbocycles. The van der Waals surface area contributed by atoms with Gasteiger partial charge in [0.05, 0.1) is 0 Å². The second kappa shape index (κ2) is 8.44. The van der Waals surface area contributed by atoms with Crippen molar-refractivity contribution in [1.82, 2.24) is 15.1 Å². The highest BCUT2D eigenvalue weighted by Gasteiger charge is 2.34. The molecule has 2 aliphatic rings. The number of terminal acetylenes is 1. The quantitative estimate of drug-likeness (QED) is 0.740. The van der Waals surface area contributed by atoms with E-state index in [1.807, 2.05) is 4.90 Å². The summed E-state index contributed by atoms with van der Waals surface area (Å²) >= 11 is 0. The molecule has 3 heterocycles. The predicted molar refractivity (Wildman–Crippen MR) is 101 cm³/mol. The average molecular weight is 381 g/mol. The molecule has 2 atom stereocenters. The molecule has 0 saturated carbocycles. The maximum Gasteiger partial charge on any atom is 0.254 e. The van der Waals surface area contributed by atoms with Crippen LogP contribution in [0.15, 0.2) is 28.7 Å². The van der Waals surface area contributed by atoms with Crippen LogP contribution in [0, 0.1) is 12.3 Å². The Bertz CT molecular complexity index is 849. The van der Waals surface area contributed by atoms with E-state index in [0.717, 1.165) is 38.7 Å². The van der Waals surface area contributed by atoms with Crippen molar-refractivity contribution in [3.05, 3.63) is 41.6 Å². The molecule has 1 amide bonds. The van der Waals surface area contributed by atoms with Crippen molar-refractivity contribution in [2.24, 2.45) is 0 Å². The van der Waals surface area contributed by atoms with E-state index in [2.05, 4.69) is 16.1 Å². The SMILES string of the molecule is C#CCOc1ccc(C(=O)N2CCCC[C@H]2c2nnc([C@H]3CCCO3)o2)cc1. The number of carbonyl (C=O) groups excluding carboxylic acids is 1. The van der Waals surface area contributed by atoms with Crippen molar-refractivity contribution in [3.63, 3.8) is 0 Å². The summed E-state index contributed by atoms with van der Waals surface area (Å²) in [6, 6.07) is 6.82. The van der Waals surface area contributed by atoms with Crippen LogP contribution in [0.1, 0.15) is 66.4 Å². The van der Waals surface area contributed by atoms with Crippen LogP contribution in [-0.2, 0) is 4.74 Å². The van der Waals surface area contributed by atoms with Gasteiger partial charge in [0, 0.05) is 18.7 Å². The molecular formula is C21H23N3O4. The van der Waals surface area contributed by atoms with Crippen LogP contribution in [0.3, 0.4) is 0 Å². The van der Waals surface area contributed by atoms with E-state index >= 15 is 0 Å². The van der Waals surface area contributed by atoms with E-state index in [1.165, 1.54) is 0 Å². The van der Waals surface area contributed by atoms with Crippen molar-refractivity contribution in [2.45, 2.75) is 44.2 Å². The Morgan fingerprint density at radius 2 is 2.00 bits per heavy atom. The number of piperidine rings is 1. The molecule has 0 bridgehead atoms. The lowest BCUT2D eigenvalue weighted by Gasteiger charge is -2.33. The second-order valence-electron chi connectivity index (χ2n) is 7.01. The number of amides is 1. The molecular weight excluding hydrogens is 358 g/mol. The van der Waals surface area contributed by atoms with Crippen molar-refractivity contribution < 1.29 is 18.7 Å². The van der Waals surface area contributed by atoms with Crippen LogP contribution in [-0.4, -0.2) is 40.8 Å². The highest BCUT2D eigenvalue weighted by atomic mass is 16.5. The fourth-order valence-electron chi connectivity index (χ4n) is 3.70. The zero-order chi connectivity index (χ0) is 19.3. The number of benzene rings is 1. The molecule has 2 saturated heterocycles. The van der Waals surface area contributed by atoms with Crippen molar-refractivity contribution in [3.8, 4) is 18.1 Å². The van der Waals surface area contributed by atoms with Gasteiger partial charge in [0.15, 0.2) is 0 Å². The predicted octanol–water partition coefficient (Wildman–Crippen LogP) is 3.30. The summed E-state index contributed by atoms with van der Waals surface area (Å²) < 4.78 is 16.9. The first kappa shape index (κ1) is 18.5. The number of nitrogens with zero attached hydrogens (tertiary/aromatic N) is 3. The smallest absolute Gasteiger partial charge is 0.254 e. The molecule has 1 aromatic carbocycles. The molecule has 7 nitrogen and oxygen atoms in total. The molecule has 0 N–H and O–H groups in total. The minimum absolute atomic E-state index is 0.0509. The Hall–Kier alpha value is -2.85. The molecule has 7 heteroatoms. The normalized spacial score (nSPS) is 22.0. The molecule has 1 aromatic heterocycles. The van der Waals surface area contributed by atoms with Gasteiger partial charge in [-0.05, 0) is 56.4 Å². The van der Waals surface area contributed by atoms with Crippen molar-refractivity contribution >= 4 is 5.91 Å². The van der Waals surface area contributed by atoms with Gasteiger partial charge in [-0.15, -0.1) is 16.6 Å². The molecule has 0 radical (unpaired) electrons. The van der Waals surface area contributed by atoms with Crippen molar-refractivity contribution in [2.75, 3.05) is 19.8 Å². The van der Waals surface area contributed by atoms with E-state index in [-0.39, 0.29) is 24.7 Å². The second-order valence-corrected chi connectivity index (χ2v) is 7.01. The van der Waals surface area contributed by atoms with Gasteiger partial charge in [0.1, 0.15) is 24.5 Å². The van der Waals surface area contributed by atoms with Gasteiger partial charge in [0.2, 0.25) is 11.8 Å². The molecule has 0 spiro atoms. The fourth-order valence-corrected chi connectivity index (χ4v) is 3.70. The first-order valence-electron chi connectivity index (χ1n) is 9.68. The Morgan fingerprint density at radius 1 is 1.18 bits per heavy atom. The maximum absolute atomic E-state index is 13.1. The minimum Gasteiger partial charge on any atom is -0.481 e. The van der Waals surface area contributed by atoms with Crippen LogP contribution in [0.4, 0.5) is 0 Å². The summed E-state index contributed by atoms with van der Waals surface area (Å²) in [5, 5.41) is 8.40. The number of hydrogen-bond donors (Lipinski definition) is 0. The highest BCUT2D eigenvalue weighted by molar-refractivity contribution is 5.94. The third kappa shape index (κ3) is 3.87. The summed E-state index contributed by atoms with van der Waals surface area (Å²) in [5.41, 5.74) is 0.596. The Kier molecular flexibility index (Phi) is 5.58. The third-order valence-electron chi connectivity index (χ3n) is 5.13. The van der Waals surface area contributed by atoms with Gasteiger partial charge in [0.25, 0.3) is 5.91 Å². The fraction of sp³-hybridized carbons (Fsp3) is 0.476. The van der Waals surface area contributed by atoms with Gasteiger partial charge >= 0.3 is 0 Å². The van der Waals surface area contributed by atoms with Gasteiger partial charge in [-0.1, -0.05) is 5.92 Å². The van der Waals surface area contributed by atoms with Gasteiger partial charge in [-0.2, -0.15) is 0 Å². The zero-order valence-electron chi connectivity index (χ0n) is 15.7. The van der Waals surface area contributed by atoms with Crippen LogP contribution in [0.25, 0.3) is 0 Å². The Labute approximate surface area is 164 Å². The van der Waals surface area contributed by atoms with E-state index in [0.29, 0.717) is 29.6 Å². The number of likely N-dealkylation sites (tertiary alicyclic amines) is 1. The summed E-state index contributed by atoms with van der Waals surface area (Å²) in [7, 11) is 0. The van der Waals surface area contributed by atoms with Crippen LogP contribution in [0.2, 0.25) is 0 Å². The first-order valence-corrected chi connectivity index (χ1v) is 9.68. The Balaban J connectivity index is 1.50. The summed E-state index contributed by atoms with van der Waals surface area (Å²) in [4.78, 5) is 14.9. The Morgan fingerprint density at radius 3 is 2.75 bits per heavy atom. The number of carbonyl (C=O) groups is 1. The topological polar surface area (TPSA) is 77.7 Å². The molecule has 28 heavy (non-hydrogen) atoms. The minimum atomic E-state index is -0.207. The summed E-state index contributed by atoms with van der Waals surface area (Å²) in [6.45, 7) is 1.58. The lowest BCUT2D eigenvalue weighted by Crippen LogP contribution is -2.38. The first-order chi connectivity index (χ1) is 13.8. The molecule has 2 aromatic rings. The lowest BCUT2D eigenvalue weighted by molar-refractivity contribution is 0.0549. The van der Waals surface area contributed by atoms with Gasteiger partial charge in [-0.3, -0.25) is 4.79 Å². The average Bonchev–Trinajstić information content (AvgIpc) is 3.44. The van der Waals surface area contributed by atoms with E-state index in [9.17, 15) is 4.79 Å². The van der Waals surface area contributed by atoms with Crippen LogP contribution in [0.5, 0.6) is 5.75 Å². The number of aromatic nitrogens is 2. The van der Waals surface area contributed by atoms with E-state index in [1.54, 1.807) is 24.3 Å². The molecule has 2 fully saturated rings. The molecule has 4 rings (SSSR count). The third-order valence-corrected chi connectivity index (χ3v) is 5.13. The number of rotatable bonds is 5. The van der Waals surface area contributed by atoms with Crippen LogP contribution < -0.4 is 4.74 Å². The summed E-state index contributed by atoms with van der Waals surface area (Å²) in [5.74, 6) is 4.02. The van der Waals surface area contributed by atoms with Crippen molar-refractivity contribution in [1.29, 1.82) is 0 Å². The van der Waals surface area contributed by atoms with Gasteiger partial charge in [-0.25, -0.2) is 0 Å². The van der Waals surface area contributed by atoms with E-state index < -0.39 is 0 Å². The zero-order valence-corrected chi connectivity index (χ0v) is 15.7. The number of ether oxygens (including phenoxy) is 2. The van der Waals surface area contributed by atoms with Crippen LogP contribution >= 0.6 is 0 Å². The lowest BCUT2D eigenvalue weighted by atomic mass is 10.0. The highest BCUT2D eigenvalue weighted by Crippen LogP contribution is 2.34. The molecule has 146 valence electrons. The monoisotopic (exact) mass is 381 g/mol. The largest absolute Gasteiger partial charge is 0.481 e. The number of hydrogen-bond acceptors (Lipinski definition) is 6. The summed E-state index contributed by atoms with van der Waals surface area (Å²) in [6.07, 6.45) is 9.75. The standard InChI is InChI=1S/C21H23N3O4/c1-2-13-26-16-10-8-15(9-11-16)21(25)24-12-4-3-6-17(24)19-22-23-20(28-19)18-7-5-14-27-18/h1,8-11,17-18H,3-7,12-14H2/t17-,18+/m0/s1. The molecule has 2 aliphatic heterocycles. The van der Waals surface area contributed by atoms with E-state index in [4.69, 9.17) is 20.3 Å². The maximum atomic E-state index is 13.1.